The first-order valence-electron chi connectivity index (χ1n) is 4.50. The predicted molar refractivity (Wildman–Crippen MR) is 62.2 cm³/mol. The maximum absolute atomic E-state index is 12.9. The van der Waals surface area contributed by atoms with Crippen LogP contribution in [0, 0.1) is 17.1 Å². The topological polar surface area (TPSA) is 49.6 Å². The zero-order chi connectivity index (χ0) is 12.4. The monoisotopic (exact) mass is 267 g/mol. The average molecular weight is 268 g/mol. The van der Waals surface area contributed by atoms with E-state index in [9.17, 15) is 4.39 Å². The van der Waals surface area contributed by atoms with E-state index in [0.29, 0.717) is 11.3 Å². The lowest BCUT2D eigenvalue weighted by Crippen LogP contribution is -1.92. The van der Waals surface area contributed by atoms with E-state index in [-0.39, 0.29) is 15.9 Å². The minimum absolute atomic E-state index is 0.00890. The van der Waals surface area contributed by atoms with Crippen molar-refractivity contribution < 1.29 is 4.39 Å². The molecule has 6 heteroatoms. The number of hydrogen-bond donors (Lipinski definition) is 0. The lowest BCUT2D eigenvalue weighted by Gasteiger charge is -2.04. The zero-order valence-electron chi connectivity index (χ0n) is 8.28. The Labute approximate surface area is 106 Å². The summed E-state index contributed by atoms with van der Waals surface area (Å²) < 4.78 is 12.9. The third-order valence-electron chi connectivity index (χ3n) is 2.04. The Morgan fingerprint density at radius 2 is 2.06 bits per heavy atom. The lowest BCUT2D eigenvalue weighted by molar-refractivity contribution is 0.628. The van der Waals surface area contributed by atoms with Crippen molar-refractivity contribution in [2.75, 3.05) is 0 Å². The summed E-state index contributed by atoms with van der Waals surface area (Å²) in [4.78, 5) is 7.81. The molecule has 1 aromatic carbocycles. The minimum atomic E-state index is -0.438. The summed E-state index contributed by atoms with van der Waals surface area (Å²) in [5.74, 6) is -0.438. The molecular weight excluding hydrogens is 264 g/mol. The van der Waals surface area contributed by atoms with Crippen molar-refractivity contribution in [1.82, 2.24) is 9.97 Å². The van der Waals surface area contributed by atoms with Crippen LogP contribution >= 0.6 is 23.2 Å². The first-order chi connectivity index (χ1) is 8.11. The number of hydrogen-bond acceptors (Lipinski definition) is 3. The van der Waals surface area contributed by atoms with E-state index in [0.717, 1.165) is 0 Å². The summed E-state index contributed by atoms with van der Waals surface area (Å²) in [5, 5.41) is 8.86. The summed E-state index contributed by atoms with van der Waals surface area (Å²) >= 11 is 11.6. The van der Waals surface area contributed by atoms with Gasteiger partial charge in [0.05, 0.1) is 16.9 Å². The Hall–Kier alpha value is -1.70. The molecular formula is C11H4Cl2FN3. The molecule has 0 N–H and O–H groups in total. The smallest absolute Gasteiger partial charge is 0.177 e. The Morgan fingerprint density at radius 1 is 1.29 bits per heavy atom. The molecule has 84 valence electrons. The summed E-state index contributed by atoms with van der Waals surface area (Å²) in [6, 6.07) is 5.71. The number of nitriles is 1. The molecule has 0 unspecified atom stereocenters. The molecule has 17 heavy (non-hydrogen) atoms. The van der Waals surface area contributed by atoms with Crippen molar-refractivity contribution in [3.63, 3.8) is 0 Å². The van der Waals surface area contributed by atoms with Crippen molar-refractivity contribution in [3.8, 4) is 17.3 Å². The molecule has 3 nitrogen and oxygen atoms in total. The van der Waals surface area contributed by atoms with Crippen molar-refractivity contribution >= 4 is 23.2 Å². The maximum Gasteiger partial charge on any atom is 0.177 e. The number of halogens is 3. The van der Waals surface area contributed by atoms with E-state index in [1.54, 1.807) is 6.07 Å². The third-order valence-corrected chi connectivity index (χ3v) is 2.62. The number of benzene rings is 1. The van der Waals surface area contributed by atoms with Gasteiger partial charge in [-0.1, -0.05) is 23.2 Å². The summed E-state index contributed by atoms with van der Waals surface area (Å²) in [5.41, 5.74) is 0.930. The van der Waals surface area contributed by atoms with E-state index in [1.165, 1.54) is 24.4 Å². The standard InChI is InChI=1S/C11H4Cl2FN3/c12-8-3-6(14)1-2-7(8)10-5-16-9(4-15)11(13)17-10/h1-3,5H. The molecule has 0 aliphatic heterocycles. The molecule has 2 rings (SSSR count). The van der Waals surface area contributed by atoms with Gasteiger partial charge in [0.1, 0.15) is 11.9 Å². The molecule has 0 saturated heterocycles. The van der Waals surface area contributed by atoms with Gasteiger partial charge in [0.25, 0.3) is 0 Å². The fraction of sp³-hybridized carbons (Fsp3) is 0. The molecule has 1 heterocycles. The second-order valence-electron chi connectivity index (χ2n) is 3.13. The first kappa shape index (κ1) is 11.8. The molecule has 0 atom stereocenters. The van der Waals surface area contributed by atoms with Crippen LogP contribution in [0.15, 0.2) is 24.4 Å². The summed E-state index contributed by atoms with van der Waals surface area (Å²) in [6.45, 7) is 0. The van der Waals surface area contributed by atoms with Crippen molar-refractivity contribution in [2.45, 2.75) is 0 Å². The highest BCUT2D eigenvalue weighted by Gasteiger charge is 2.10. The molecule has 1 aromatic heterocycles. The van der Waals surface area contributed by atoms with Crippen LogP contribution in [0.2, 0.25) is 10.2 Å². The Kier molecular flexibility index (Phi) is 3.23. The Balaban J connectivity index is 2.54. The molecule has 0 spiro atoms. The van der Waals surface area contributed by atoms with Crippen LogP contribution in [-0.4, -0.2) is 9.97 Å². The largest absolute Gasteiger partial charge is 0.240 e. The summed E-state index contributed by atoms with van der Waals surface area (Å²) in [7, 11) is 0. The van der Waals surface area contributed by atoms with E-state index in [1.807, 2.05) is 0 Å². The molecule has 0 aliphatic carbocycles. The lowest BCUT2D eigenvalue weighted by atomic mass is 10.1. The third kappa shape index (κ3) is 2.36. The van der Waals surface area contributed by atoms with Gasteiger partial charge in [-0.2, -0.15) is 5.26 Å². The Morgan fingerprint density at radius 3 is 2.65 bits per heavy atom. The molecule has 0 radical (unpaired) electrons. The van der Waals surface area contributed by atoms with Gasteiger partial charge in [-0.25, -0.2) is 14.4 Å². The van der Waals surface area contributed by atoms with Gasteiger partial charge in [-0.3, -0.25) is 0 Å². The van der Waals surface area contributed by atoms with Crippen LogP contribution in [0.1, 0.15) is 5.69 Å². The van der Waals surface area contributed by atoms with Gasteiger partial charge in [-0.15, -0.1) is 0 Å². The SMILES string of the molecule is N#Cc1ncc(-c2ccc(F)cc2Cl)nc1Cl. The van der Waals surface area contributed by atoms with Crippen LogP contribution in [0.25, 0.3) is 11.3 Å². The quantitative estimate of drug-likeness (QED) is 0.795. The molecule has 0 fully saturated rings. The highest BCUT2D eigenvalue weighted by atomic mass is 35.5. The van der Waals surface area contributed by atoms with Crippen LogP contribution in [0.5, 0.6) is 0 Å². The van der Waals surface area contributed by atoms with Crippen molar-refractivity contribution in [3.05, 3.63) is 46.1 Å². The molecule has 0 aliphatic rings. The highest BCUT2D eigenvalue weighted by molar-refractivity contribution is 6.33. The molecule has 0 amide bonds. The van der Waals surface area contributed by atoms with E-state index in [2.05, 4.69) is 9.97 Å². The second-order valence-corrected chi connectivity index (χ2v) is 3.90. The van der Waals surface area contributed by atoms with Gasteiger partial charge in [-0.05, 0) is 18.2 Å². The van der Waals surface area contributed by atoms with Crippen LogP contribution in [0.4, 0.5) is 4.39 Å². The van der Waals surface area contributed by atoms with E-state index >= 15 is 0 Å². The van der Waals surface area contributed by atoms with Gasteiger partial charge >= 0.3 is 0 Å². The van der Waals surface area contributed by atoms with E-state index in [4.69, 9.17) is 28.5 Å². The van der Waals surface area contributed by atoms with Gasteiger partial charge < -0.3 is 0 Å². The van der Waals surface area contributed by atoms with Crippen molar-refractivity contribution in [1.29, 1.82) is 5.26 Å². The van der Waals surface area contributed by atoms with Crippen molar-refractivity contribution in [2.24, 2.45) is 0 Å². The van der Waals surface area contributed by atoms with Gasteiger partial charge in [0.15, 0.2) is 10.8 Å². The van der Waals surface area contributed by atoms with Crippen LogP contribution in [-0.2, 0) is 0 Å². The maximum atomic E-state index is 12.9. The first-order valence-corrected chi connectivity index (χ1v) is 5.25. The minimum Gasteiger partial charge on any atom is -0.240 e. The number of aromatic nitrogens is 2. The normalized spacial score (nSPS) is 10.0. The Bertz CT molecular complexity index is 623. The fourth-order valence-electron chi connectivity index (χ4n) is 1.27. The fourth-order valence-corrected chi connectivity index (χ4v) is 1.71. The van der Waals surface area contributed by atoms with Crippen LogP contribution in [0.3, 0.4) is 0 Å². The van der Waals surface area contributed by atoms with Gasteiger partial charge in [0, 0.05) is 5.56 Å². The molecule has 0 saturated carbocycles. The second kappa shape index (κ2) is 4.66. The molecule has 0 bridgehead atoms. The predicted octanol–water partition coefficient (Wildman–Crippen LogP) is 3.46. The number of rotatable bonds is 1. The zero-order valence-corrected chi connectivity index (χ0v) is 9.80. The van der Waals surface area contributed by atoms with E-state index < -0.39 is 5.82 Å². The van der Waals surface area contributed by atoms with Gasteiger partial charge in [0.2, 0.25) is 0 Å². The molecule has 2 aromatic rings. The summed E-state index contributed by atoms with van der Waals surface area (Å²) in [6.07, 6.45) is 1.36. The number of nitrogens with zero attached hydrogens (tertiary/aromatic N) is 3. The highest BCUT2D eigenvalue weighted by Crippen LogP contribution is 2.27. The average Bonchev–Trinajstić information content (AvgIpc) is 2.29. The van der Waals surface area contributed by atoms with Crippen LogP contribution < -0.4 is 0 Å².